The molecule has 4 aromatic rings. The smallest absolute Gasteiger partial charge is 0.156 e. The SMILES string of the molecule is c1ccc(-c2ncn(CCCNc3cccnc3)c2-c2ncc[nH]2)cc1. The molecule has 130 valence electrons. The maximum absolute atomic E-state index is 4.65. The molecule has 6 nitrogen and oxygen atoms in total. The molecule has 3 heterocycles. The third-order valence-electron chi connectivity index (χ3n) is 4.17. The van der Waals surface area contributed by atoms with Crippen molar-refractivity contribution in [2.45, 2.75) is 13.0 Å². The Balaban J connectivity index is 1.52. The van der Waals surface area contributed by atoms with Gasteiger partial charge in [-0.2, -0.15) is 0 Å². The highest BCUT2D eigenvalue weighted by atomic mass is 15.1. The molecule has 6 heteroatoms. The van der Waals surface area contributed by atoms with E-state index in [4.69, 9.17) is 0 Å². The Kier molecular flexibility index (Phi) is 4.73. The molecule has 0 aliphatic rings. The summed E-state index contributed by atoms with van der Waals surface area (Å²) < 4.78 is 2.16. The number of H-pyrrole nitrogens is 1. The van der Waals surface area contributed by atoms with Gasteiger partial charge in [0.2, 0.25) is 0 Å². The Hall–Kier alpha value is -3.41. The lowest BCUT2D eigenvalue weighted by Gasteiger charge is -2.10. The van der Waals surface area contributed by atoms with Gasteiger partial charge in [0, 0.05) is 43.4 Å². The van der Waals surface area contributed by atoms with E-state index in [1.54, 1.807) is 12.4 Å². The van der Waals surface area contributed by atoms with Gasteiger partial charge in [-0.15, -0.1) is 0 Å². The Morgan fingerprint density at radius 1 is 1.00 bits per heavy atom. The molecule has 0 fully saturated rings. The number of anilines is 1. The van der Waals surface area contributed by atoms with Crippen LogP contribution in [0.25, 0.3) is 22.8 Å². The second-order valence-electron chi connectivity index (χ2n) is 5.96. The number of imidazole rings is 2. The zero-order valence-electron chi connectivity index (χ0n) is 14.3. The molecule has 0 atom stereocenters. The zero-order chi connectivity index (χ0) is 17.6. The van der Waals surface area contributed by atoms with Crippen LogP contribution in [0.4, 0.5) is 5.69 Å². The van der Waals surface area contributed by atoms with Gasteiger partial charge >= 0.3 is 0 Å². The number of aromatic nitrogens is 5. The molecule has 4 rings (SSSR count). The minimum atomic E-state index is 0.835. The minimum absolute atomic E-state index is 0.835. The van der Waals surface area contributed by atoms with Gasteiger partial charge in [-0.05, 0) is 18.6 Å². The first-order chi connectivity index (χ1) is 12.9. The van der Waals surface area contributed by atoms with Crippen LogP contribution in [0.1, 0.15) is 6.42 Å². The van der Waals surface area contributed by atoms with Crippen LogP contribution in [0, 0.1) is 0 Å². The maximum atomic E-state index is 4.65. The molecular formula is C20H20N6. The number of rotatable bonds is 7. The fourth-order valence-electron chi connectivity index (χ4n) is 2.95. The quantitative estimate of drug-likeness (QED) is 0.500. The van der Waals surface area contributed by atoms with E-state index in [-0.39, 0.29) is 0 Å². The molecule has 0 radical (unpaired) electrons. The normalized spacial score (nSPS) is 10.8. The Morgan fingerprint density at radius 3 is 2.69 bits per heavy atom. The molecule has 0 spiro atoms. The van der Waals surface area contributed by atoms with Gasteiger partial charge in [-0.25, -0.2) is 9.97 Å². The summed E-state index contributed by atoms with van der Waals surface area (Å²) in [7, 11) is 0. The molecule has 0 bridgehead atoms. The van der Waals surface area contributed by atoms with E-state index < -0.39 is 0 Å². The average molecular weight is 344 g/mol. The van der Waals surface area contributed by atoms with Gasteiger partial charge in [0.25, 0.3) is 0 Å². The van der Waals surface area contributed by atoms with Crippen molar-refractivity contribution in [2.75, 3.05) is 11.9 Å². The van der Waals surface area contributed by atoms with E-state index in [1.165, 1.54) is 0 Å². The van der Waals surface area contributed by atoms with E-state index >= 15 is 0 Å². The molecule has 0 saturated heterocycles. The largest absolute Gasteiger partial charge is 0.384 e. The zero-order valence-corrected chi connectivity index (χ0v) is 14.3. The Labute approximate surface area is 152 Å². The average Bonchev–Trinajstić information content (AvgIpc) is 3.36. The summed E-state index contributed by atoms with van der Waals surface area (Å²) in [6.07, 6.45) is 10.1. The Bertz CT molecular complexity index is 929. The molecule has 0 aliphatic heterocycles. The molecule has 0 unspecified atom stereocenters. The first-order valence-corrected chi connectivity index (χ1v) is 8.66. The summed E-state index contributed by atoms with van der Waals surface area (Å²) in [5.41, 5.74) is 4.09. The van der Waals surface area contributed by atoms with Crippen molar-refractivity contribution in [3.8, 4) is 22.8 Å². The van der Waals surface area contributed by atoms with Gasteiger partial charge < -0.3 is 14.9 Å². The van der Waals surface area contributed by atoms with Gasteiger partial charge in [0.15, 0.2) is 5.82 Å². The lowest BCUT2D eigenvalue weighted by molar-refractivity contribution is 0.664. The topological polar surface area (TPSA) is 71.4 Å². The number of nitrogens with one attached hydrogen (secondary N) is 2. The minimum Gasteiger partial charge on any atom is -0.384 e. The predicted molar refractivity (Wildman–Crippen MR) is 103 cm³/mol. The van der Waals surface area contributed by atoms with Crippen molar-refractivity contribution in [3.63, 3.8) is 0 Å². The fraction of sp³-hybridized carbons (Fsp3) is 0.150. The number of pyridine rings is 1. The van der Waals surface area contributed by atoms with Crippen molar-refractivity contribution in [2.24, 2.45) is 0 Å². The van der Waals surface area contributed by atoms with Gasteiger partial charge in [0.1, 0.15) is 5.69 Å². The molecule has 0 amide bonds. The molecule has 0 aliphatic carbocycles. The number of hydrogen-bond acceptors (Lipinski definition) is 4. The van der Waals surface area contributed by atoms with Crippen LogP contribution in [0.2, 0.25) is 0 Å². The van der Waals surface area contributed by atoms with Crippen molar-refractivity contribution >= 4 is 5.69 Å². The summed E-state index contributed by atoms with van der Waals surface area (Å²) in [4.78, 5) is 16.4. The third kappa shape index (κ3) is 3.49. The summed E-state index contributed by atoms with van der Waals surface area (Å²) in [6.45, 7) is 1.71. The number of nitrogens with zero attached hydrogens (tertiary/aromatic N) is 4. The summed E-state index contributed by atoms with van der Waals surface area (Å²) >= 11 is 0. The number of benzene rings is 1. The van der Waals surface area contributed by atoms with Crippen LogP contribution >= 0.6 is 0 Å². The molecule has 26 heavy (non-hydrogen) atoms. The first kappa shape index (κ1) is 16.1. The predicted octanol–water partition coefficient (Wildman–Crippen LogP) is 3.84. The lowest BCUT2D eigenvalue weighted by Crippen LogP contribution is -2.07. The second kappa shape index (κ2) is 7.65. The monoisotopic (exact) mass is 344 g/mol. The molecule has 1 aromatic carbocycles. The van der Waals surface area contributed by atoms with Gasteiger partial charge in [-0.3, -0.25) is 4.98 Å². The van der Waals surface area contributed by atoms with Crippen molar-refractivity contribution < 1.29 is 0 Å². The first-order valence-electron chi connectivity index (χ1n) is 8.66. The molecule has 2 N–H and O–H groups in total. The van der Waals surface area contributed by atoms with E-state index in [9.17, 15) is 0 Å². The Morgan fingerprint density at radius 2 is 1.92 bits per heavy atom. The highest BCUT2D eigenvalue weighted by Crippen LogP contribution is 2.29. The lowest BCUT2D eigenvalue weighted by atomic mass is 10.1. The van der Waals surface area contributed by atoms with Gasteiger partial charge in [-0.1, -0.05) is 30.3 Å². The molecule has 3 aromatic heterocycles. The summed E-state index contributed by atoms with van der Waals surface area (Å²) in [5.74, 6) is 0.835. The highest BCUT2D eigenvalue weighted by Gasteiger charge is 2.16. The standard InChI is InChI=1S/C20H20N6/c1-2-6-16(7-3-1)18-19(20-23-11-12-24-20)26(15-25-18)13-5-10-22-17-8-4-9-21-14-17/h1-4,6-9,11-12,14-15,22H,5,10,13H2,(H,23,24). The van der Waals surface area contributed by atoms with Crippen LogP contribution < -0.4 is 5.32 Å². The van der Waals surface area contributed by atoms with E-state index in [0.29, 0.717) is 0 Å². The number of aryl methyl sites for hydroxylation is 1. The van der Waals surface area contributed by atoms with Crippen LogP contribution in [0.5, 0.6) is 0 Å². The van der Waals surface area contributed by atoms with E-state index in [1.807, 2.05) is 49.1 Å². The van der Waals surface area contributed by atoms with Crippen molar-refractivity contribution in [1.29, 1.82) is 0 Å². The number of aromatic amines is 1. The molecular weight excluding hydrogens is 324 g/mol. The van der Waals surface area contributed by atoms with Crippen LogP contribution in [-0.4, -0.2) is 31.0 Å². The van der Waals surface area contributed by atoms with Crippen LogP contribution in [0.3, 0.4) is 0 Å². The fourth-order valence-corrected chi connectivity index (χ4v) is 2.95. The number of hydrogen-bond donors (Lipinski definition) is 2. The maximum Gasteiger partial charge on any atom is 0.156 e. The van der Waals surface area contributed by atoms with Crippen LogP contribution in [0.15, 0.2) is 73.6 Å². The summed E-state index contributed by atoms with van der Waals surface area (Å²) in [6, 6.07) is 14.2. The van der Waals surface area contributed by atoms with Crippen molar-refractivity contribution in [1.82, 2.24) is 24.5 Å². The highest BCUT2D eigenvalue weighted by molar-refractivity contribution is 5.75. The summed E-state index contributed by atoms with van der Waals surface area (Å²) in [5, 5.41) is 3.39. The molecule has 0 saturated carbocycles. The van der Waals surface area contributed by atoms with E-state index in [2.05, 4.69) is 42.0 Å². The van der Waals surface area contributed by atoms with Gasteiger partial charge in [0.05, 0.1) is 17.7 Å². The van der Waals surface area contributed by atoms with E-state index in [0.717, 1.165) is 48.0 Å². The second-order valence-corrected chi connectivity index (χ2v) is 5.96. The third-order valence-corrected chi connectivity index (χ3v) is 4.17. The van der Waals surface area contributed by atoms with Crippen molar-refractivity contribution in [3.05, 3.63) is 73.6 Å². The van der Waals surface area contributed by atoms with Crippen LogP contribution in [-0.2, 0) is 6.54 Å².